The van der Waals surface area contributed by atoms with Crippen LogP contribution in [0.5, 0.6) is 5.75 Å². The zero-order chi connectivity index (χ0) is 29.3. The number of esters is 1. The van der Waals surface area contributed by atoms with Crippen LogP contribution in [0.4, 0.5) is 10.5 Å². The number of aryl methyl sites for hydroxylation is 1. The molecule has 11 heteroatoms. The molecule has 0 atom stereocenters. The zero-order valence-corrected chi connectivity index (χ0v) is 22.6. The number of anilines is 1. The molecule has 10 nitrogen and oxygen atoms in total. The molecule has 0 saturated carbocycles. The van der Waals surface area contributed by atoms with Crippen molar-refractivity contribution >= 4 is 56.5 Å². The molecule has 206 valence electrons. The molecular weight excluding hydrogens is 548 g/mol. The number of nitrogens with zero attached hydrogens (tertiary/aromatic N) is 1. The van der Waals surface area contributed by atoms with E-state index in [-0.39, 0.29) is 27.5 Å². The van der Waals surface area contributed by atoms with Crippen molar-refractivity contribution in [2.75, 3.05) is 12.0 Å². The summed E-state index contributed by atoms with van der Waals surface area (Å²) in [6.45, 7) is 1.82. The van der Waals surface area contributed by atoms with Crippen LogP contribution < -0.4 is 14.4 Å². The van der Waals surface area contributed by atoms with E-state index < -0.39 is 39.5 Å². The molecule has 0 aliphatic carbocycles. The van der Waals surface area contributed by atoms with Crippen LogP contribution in [0.15, 0.2) is 95.4 Å². The first kappa shape index (κ1) is 27.3. The van der Waals surface area contributed by atoms with E-state index in [1.807, 2.05) is 6.92 Å². The predicted molar refractivity (Wildman–Crippen MR) is 150 cm³/mol. The molecule has 0 bridgehead atoms. The second kappa shape index (κ2) is 10.7. The molecule has 1 saturated heterocycles. The van der Waals surface area contributed by atoms with Crippen LogP contribution in [0, 0.1) is 6.92 Å². The quantitative estimate of drug-likeness (QED) is 0.156. The average Bonchev–Trinajstić information content (AvgIpc) is 2.96. The van der Waals surface area contributed by atoms with Crippen LogP contribution in [0.2, 0.25) is 0 Å². The maximum absolute atomic E-state index is 13.5. The molecule has 1 N–H and O–H groups in total. The van der Waals surface area contributed by atoms with Gasteiger partial charge in [0.25, 0.3) is 11.8 Å². The van der Waals surface area contributed by atoms with E-state index >= 15 is 0 Å². The number of carbonyl (C=O) groups is 4. The first-order valence-corrected chi connectivity index (χ1v) is 13.6. The molecule has 41 heavy (non-hydrogen) atoms. The van der Waals surface area contributed by atoms with Gasteiger partial charge in [0.2, 0.25) is 0 Å². The van der Waals surface area contributed by atoms with Crippen molar-refractivity contribution in [3.63, 3.8) is 0 Å². The summed E-state index contributed by atoms with van der Waals surface area (Å²) >= 11 is 0. The molecule has 4 aromatic carbocycles. The molecular formula is C30H22N2O8S. The summed E-state index contributed by atoms with van der Waals surface area (Å²) in [4.78, 5) is 51.6. The summed E-state index contributed by atoms with van der Waals surface area (Å²) in [5.74, 6) is -2.65. The van der Waals surface area contributed by atoms with Gasteiger partial charge in [-0.05, 0) is 66.2 Å². The minimum absolute atomic E-state index is 0.0754. The van der Waals surface area contributed by atoms with Crippen LogP contribution in [0.25, 0.3) is 16.8 Å². The fourth-order valence-electron chi connectivity index (χ4n) is 4.27. The minimum atomic E-state index is -4.28. The molecule has 1 fully saturated rings. The number of carbonyl (C=O) groups excluding carboxylic acids is 4. The van der Waals surface area contributed by atoms with Crippen LogP contribution in [0.3, 0.4) is 0 Å². The van der Waals surface area contributed by atoms with E-state index in [1.54, 1.807) is 42.5 Å². The van der Waals surface area contributed by atoms with Crippen molar-refractivity contribution in [1.29, 1.82) is 0 Å². The van der Waals surface area contributed by atoms with Gasteiger partial charge in [0.05, 0.1) is 18.4 Å². The summed E-state index contributed by atoms with van der Waals surface area (Å²) < 4.78 is 36.4. The Bertz CT molecular complexity index is 1860. The monoisotopic (exact) mass is 570 g/mol. The smallest absolute Gasteiger partial charge is 0.339 e. The number of hydrogen-bond acceptors (Lipinski definition) is 8. The van der Waals surface area contributed by atoms with E-state index in [0.717, 1.165) is 10.5 Å². The molecule has 0 radical (unpaired) electrons. The SMILES string of the molecule is COC(=O)c1ccc(N2C(=O)NC(=O)/C(=C\c3c(OS(=O)(=O)c4ccc(C)cc4)ccc4ccccc34)C2=O)cc1. The lowest BCUT2D eigenvalue weighted by Crippen LogP contribution is -2.54. The fourth-order valence-corrected chi connectivity index (χ4v) is 5.22. The summed E-state index contributed by atoms with van der Waals surface area (Å²) in [6.07, 6.45) is 1.20. The van der Waals surface area contributed by atoms with Gasteiger partial charge in [0, 0.05) is 5.56 Å². The van der Waals surface area contributed by atoms with Gasteiger partial charge in [0.15, 0.2) is 5.75 Å². The van der Waals surface area contributed by atoms with Gasteiger partial charge in [-0.2, -0.15) is 8.42 Å². The molecule has 1 heterocycles. The minimum Gasteiger partial charge on any atom is -0.465 e. The number of barbiturate groups is 1. The Kier molecular flexibility index (Phi) is 7.12. The highest BCUT2D eigenvalue weighted by Crippen LogP contribution is 2.33. The summed E-state index contributed by atoms with van der Waals surface area (Å²) in [7, 11) is -3.06. The fraction of sp³-hybridized carbons (Fsp3) is 0.0667. The number of ether oxygens (including phenoxy) is 1. The molecule has 1 aliphatic heterocycles. The maximum Gasteiger partial charge on any atom is 0.339 e. The molecule has 0 spiro atoms. The first-order valence-electron chi connectivity index (χ1n) is 12.2. The third-order valence-corrected chi connectivity index (χ3v) is 7.63. The number of benzene rings is 4. The molecule has 1 aliphatic rings. The number of methoxy groups -OCH3 is 1. The highest BCUT2D eigenvalue weighted by Gasteiger charge is 2.37. The van der Waals surface area contributed by atoms with E-state index in [9.17, 15) is 27.6 Å². The Morgan fingerprint density at radius 2 is 1.56 bits per heavy atom. The summed E-state index contributed by atoms with van der Waals surface area (Å²) in [5.41, 5.74) is 0.860. The molecule has 4 aromatic rings. The summed E-state index contributed by atoms with van der Waals surface area (Å²) in [5, 5.41) is 3.32. The Morgan fingerprint density at radius 1 is 0.878 bits per heavy atom. The Hall–Kier alpha value is -5.29. The van der Waals surface area contributed by atoms with Crippen LogP contribution in [-0.2, 0) is 24.4 Å². The maximum atomic E-state index is 13.5. The van der Waals surface area contributed by atoms with Crippen molar-refractivity contribution in [2.24, 2.45) is 0 Å². The standard InChI is InChI=1S/C30H22N2O8S/c1-18-7-14-22(15-8-18)41(37,38)40-26-16-11-19-5-3-4-6-23(19)24(26)17-25-27(33)31-30(36)32(28(25)34)21-12-9-20(10-13-21)29(35)39-2/h3-17H,1-2H3,(H,31,33,36)/b25-17+. The van der Waals surface area contributed by atoms with Crippen molar-refractivity contribution in [3.8, 4) is 5.75 Å². The van der Waals surface area contributed by atoms with Gasteiger partial charge in [-0.3, -0.25) is 14.9 Å². The van der Waals surface area contributed by atoms with Crippen LogP contribution in [-0.4, -0.2) is 39.3 Å². The number of nitrogens with one attached hydrogen (secondary N) is 1. The molecule has 0 unspecified atom stereocenters. The number of amides is 4. The highest BCUT2D eigenvalue weighted by atomic mass is 32.2. The Labute approximate surface area is 234 Å². The van der Waals surface area contributed by atoms with E-state index in [0.29, 0.717) is 10.8 Å². The number of urea groups is 1. The number of imide groups is 2. The van der Waals surface area contributed by atoms with E-state index in [1.165, 1.54) is 55.7 Å². The van der Waals surface area contributed by atoms with E-state index in [4.69, 9.17) is 4.18 Å². The lowest BCUT2D eigenvalue weighted by molar-refractivity contribution is -0.122. The van der Waals surface area contributed by atoms with Gasteiger partial charge in [0.1, 0.15) is 10.5 Å². The normalized spacial score (nSPS) is 14.7. The predicted octanol–water partition coefficient (Wildman–Crippen LogP) is 4.37. The van der Waals surface area contributed by atoms with Crippen molar-refractivity contribution in [2.45, 2.75) is 11.8 Å². The topological polar surface area (TPSA) is 136 Å². The lowest BCUT2D eigenvalue weighted by atomic mass is 9.99. The van der Waals surface area contributed by atoms with Gasteiger partial charge < -0.3 is 8.92 Å². The Morgan fingerprint density at radius 3 is 2.24 bits per heavy atom. The number of fused-ring (bicyclic) bond motifs is 1. The van der Waals surface area contributed by atoms with Crippen molar-refractivity contribution in [1.82, 2.24) is 5.32 Å². The first-order chi connectivity index (χ1) is 19.6. The molecule has 4 amide bonds. The highest BCUT2D eigenvalue weighted by molar-refractivity contribution is 7.87. The largest absolute Gasteiger partial charge is 0.465 e. The van der Waals surface area contributed by atoms with E-state index in [2.05, 4.69) is 10.1 Å². The van der Waals surface area contributed by atoms with Gasteiger partial charge in [-0.15, -0.1) is 0 Å². The molecule has 0 aromatic heterocycles. The second-order valence-electron chi connectivity index (χ2n) is 9.05. The third kappa shape index (κ3) is 5.30. The third-order valence-electron chi connectivity index (χ3n) is 6.38. The van der Waals surface area contributed by atoms with Gasteiger partial charge in [-0.25, -0.2) is 14.5 Å². The molecule has 5 rings (SSSR count). The van der Waals surface area contributed by atoms with Crippen molar-refractivity contribution < 1.29 is 36.5 Å². The number of rotatable bonds is 6. The number of hydrogen-bond donors (Lipinski definition) is 1. The van der Waals surface area contributed by atoms with Gasteiger partial charge in [-0.1, -0.05) is 48.0 Å². The lowest BCUT2D eigenvalue weighted by Gasteiger charge is -2.26. The average molecular weight is 571 g/mol. The summed E-state index contributed by atoms with van der Waals surface area (Å²) in [6, 6.07) is 20.6. The second-order valence-corrected chi connectivity index (χ2v) is 10.6. The van der Waals surface area contributed by atoms with Crippen molar-refractivity contribution in [3.05, 3.63) is 107 Å². The van der Waals surface area contributed by atoms with Crippen LogP contribution >= 0.6 is 0 Å². The van der Waals surface area contributed by atoms with Crippen LogP contribution in [0.1, 0.15) is 21.5 Å². The van der Waals surface area contributed by atoms with Gasteiger partial charge >= 0.3 is 22.1 Å². The zero-order valence-electron chi connectivity index (χ0n) is 21.8. The Balaban J connectivity index is 1.60.